The highest BCUT2D eigenvalue weighted by molar-refractivity contribution is 5.81. The number of benzene rings is 1. The van der Waals surface area contributed by atoms with Gasteiger partial charge in [-0.15, -0.1) is 0 Å². The highest BCUT2D eigenvalue weighted by atomic mass is 16.5. The molecule has 2 saturated heterocycles. The van der Waals surface area contributed by atoms with E-state index in [1.54, 1.807) is 4.57 Å². The minimum Gasteiger partial charge on any atom is -0.368 e. The Hall–Kier alpha value is -2.41. The van der Waals surface area contributed by atoms with Crippen molar-refractivity contribution < 1.29 is 9.53 Å². The van der Waals surface area contributed by atoms with Gasteiger partial charge in [-0.3, -0.25) is 9.36 Å². The molecule has 2 fully saturated rings. The third-order valence-electron chi connectivity index (χ3n) is 5.35. The Morgan fingerprint density at radius 2 is 1.96 bits per heavy atom. The summed E-state index contributed by atoms with van der Waals surface area (Å²) in [7, 11) is 0. The minimum atomic E-state index is -0.256. The molecule has 2 aromatic rings. The van der Waals surface area contributed by atoms with Gasteiger partial charge in [0.1, 0.15) is 11.9 Å². The summed E-state index contributed by atoms with van der Waals surface area (Å²) in [5.41, 5.74) is 0.893. The molecule has 1 N–H and O–H groups in total. The van der Waals surface area contributed by atoms with Crippen LogP contribution in [-0.2, 0) is 16.1 Å². The normalized spacial score (nSPS) is 21.2. The monoisotopic (exact) mass is 356 g/mol. The van der Waals surface area contributed by atoms with Crippen molar-refractivity contribution in [1.82, 2.24) is 19.7 Å². The Balaban J connectivity index is 1.43. The van der Waals surface area contributed by atoms with E-state index in [0.29, 0.717) is 26.2 Å². The zero-order chi connectivity index (χ0) is 17.9. The van der Waals surface area contributed by atoms with Gasteiger partial charge in [-0.05, 0) is 31.2 Å². The second kappa shape index (κ2) is 7.45. The fourth-order valence-corrected chi connectivity index (χ4v) is 3.89. The number of aromatic amines is 1. The largest absolute Gasteiger partial charge is 0.368 e. The Kier molecular flexibility index (Phi) is 4.88. The maximum atomic E-state index is 12.5. The molecule has 0 spiro atoms. The maximum absolute atomic E-state index is 12.5. The lowest BCUT2D eigenvalue weighted by Crippen LogP contribution is -2.43. The number of nitrogens with zero attached hydrogens (tertiary/aromatic N) is 3. The quantitative estimate of drug-likeness (QED) is 0.900. The third-order valence-corrected chi connectivity index (χ3v) is 5.35. The first-order valence-electron chi connectivity index (χ1n) is 9.32. The predicted octanol–water partition coefficient (Wildman–Crippen LogP) is 1.50. The molecule has 0 radical (unpaired) electrons. The van der Waals surface area contributed by atoms with E-state index in [4.69, 9.17) is 4.74 Å². The summed E-state index contributed by atoms with van der Waals surface area (Å²) in [6.45, 7) is 2.58. The fourth-order valence-electron chi connectivity index (χ4n) is 3.89. The summed E-state index contributed by atoms with van der Waals surface area (Å²) in [5, 5.41) is 6.87. The molecule has 1 atom stereocenters. The summed E-state index contributed by atoms with van der Waals surface area (Å²) < 4.78 is 7.23. The van der Waals surface area contributed by atoms with E-state index in [1.165, 1.54) is 0 Å². The van der Waals surface area contributed by atoms with Crippen LogP contribution in [0.25, 0.3) is 0 Å². The standard InChI is InChI=1S/C19H24N4O3/c24-18(16-7-4-12-26-16)22-10-8-15(9-11-22)17-20-21-19(25)23(17)13-14-5-2-1-3-6-14/h1-3,5-6,15-16H,4,7-13H2,(H,21,25)/t16-/m1/s1. The van der Waals surface area contributed by atoms with E-state index in [1.807, 2.05) is 35.2 Å². The van der Waals surface area contributed by atoms with Crippen LogP contribution in [-0.4, -0.2) is 51.4 Å². The van der Waals surface area contributed by atoms with Gasteiger partial charge in [0.05, 0.1) is 6.54 Å². The van der Waals surface area contributed by atoms with Crippen LogP contribution in [0.2, 0.25) is 0 Å². The molecule has 4 rings (SSSR count). The molecule has 2 aliphatic heterocycles. The zero-order valence-electron chi connectivity index (χ0n) is 14.8. The van der Waals surface area contributed by atoms with Gasteiger partial charge >= 0.3 is 5.69 Å². The number of carbonyl (C=O) groups excluding carboxylic acids is 1. The first kappa shape index (κ1) is 17.0. The van der Waals surface area contributed by atoms with Crippen LogP contribution in [0.15, 0.2) is 35.1 Å². The number of H-pyrrole nitrogens is 1. The molecule has 1 amide bonds. The highest BCUT2D eigenvalue weighted by Gasteiger charge is 2.32. The molecular weight excluding hydrogens is 332 g/mol. The second-order valence-corrected chi connectivity index (χ2v) is 7.06. The number of amides is 1. The van der Waals surface area contributed by atoms with Crippen molar-refractivity contribution in [2.75, 3.05) is 19.7 Å². The number of nitrogens with one attached hydrogen (secondary N) is 1. The molecular formula is C19H24N4O3. The second-order valence-electron chi connectivity index (χ2n) is 7.06. The Labute approximate surface area is 152 Å². The number of carbonyl (C=O) groups is 1. The van der Waals surface area contributed by atoms with E-state index < -0.39 is 0 Å². The molecule has 26 heavy (non-hydrogen) atoms. The van der Waals surface area contributed by atoms with Gasteiger partial charge in [0.2, 0.25) is 0 Å². The minimum absolute atomic E-state index is 0.115. The van der Waals surface area contributed by atoms with Crippen LogP contribution in [0, 0.1) is 0 Å². The molecule has 7 nitrogen and oxygen atoms in total. The molecule has 0 saturated carbocycles. The van der Waals surface area contributed by atoms with E-state index in [-0.39, 0.29) is 23.6 Å². The number of likely N-dealkylation sites (tertiary alicyclic amines) is 1. The van der Waals surface area contributed by atoms with Gasteiger partial charge in [0.15, 0.2) is 0 Å². The molecule has 1 aromatic carbocycles. The lowest BCUT2D eigenvalue weighted by Gasteiger charge is -2.33. The number of hydrogen-bond acceptors (Lipinski definition) is 4. The number of aromatic nitrogens is 3. The molecule has 138 valence electrons. The summed E-state index contributed by atoms with van der Waals surface area (Å²) in [6.07, 6.45) is 3.17. The van der Waals surface area contributed by atoms with Crippen molar-refractivity contribution in [3.05, 3.63) is 52.2 Å². The van der Waals surface area contributed by atoms with Gasteiger partial charge < -0.3 is 9.64 Å². The predicted molar refractivity (Wildman–Crippen MR) is 95.9 cm³/mol. The molecule has 0 aliphatic carbocycles. The van der Waals surface area contributed by atoms with Crippen molar-refractivity contribution in [1.29, 1.82) is 0 Å². The van der Waals surface area contributed by atoms with E-state index in [0.717, 1.165) is 37.1 Å². The molecule has 1 aromatic heterocycles. The molecule has 0 unspecified atom stereocenters. The van der Waals surface area contributed by atoms with Crippen molar-refractivity contribution in [3.8, 4) is 0 Å². The van der Waals surface area contributed by atoms with E-state index in [9.17, 15) is 9.59 Å². The summed E-state index contributed by atoms with van der Waals surface area (Å²) >= 11 is 0. The third kappa shape index (κ3) is 3.44. The molecule has 2 aliphatic rings. The van der Waals surface area contributed by atoms with Crippen LogP contribution in [0.3, 0.4) is 0 Å². The summed E-state index contributed by atoms with van der Waals surface area (Å²) in [4.78, 5) is 26.6. The first-order valence-corrected chi connectivity index (χ1v) is 9.32. The summed E-state index contributed by atoms with van der Waals surface area (Å²) in [6, 6.07) is 9.91. The van der Waals surface area contributed by atoms with Crippen molar-refractivity contribution in [2.24, 2.45) is 0 Å². The van der Waals surface area contributed by atoms with Crippen molar-refractivity contribution in [3.63, 3.8) is 0 Å². The van der Waals surface area contributed by atoms with Gasteiger partial charge in [-0.25, -0.2) is 9.89 Å². The molecule has 3 heterocycles. The SMILES string of the molecule is O=C([C@H]1CCCO1)N1CCC(c2n[nH]c(=O)n2Cc2ccccc2)CC1. The lowest BCUT2D eigenvalue weighted by atomic mass is 9.95. The fraction of sp³-hybridized carbons (Fsp3) is 0.526. The Bertz CT molecular complexity index is 800. The van der Waals surface area contributed by atoms with Crippen molar-refractivity contribution >= 4 is 5.91 Å². The van der Waals surface area contributed by atoms with E-state index >= 15 is 0 Å². The molecule has 7 heteroatoms. The van der Waals surface area contributed by atoms with Crippen LogP contribution in [0.5, 0.6) is 0 Å². The topological polar surface area (TPSA) is 80.2 Å². The Morgan fingerprint density at radius 1 is 1.19 bits per heavy atom. The van der Waals surface area contributed by atoms with Gasteiger partial charge in [0, 0.05) is 25.6 Å². The van der Waals surface area contributed by atoms with Crippen molar-refractivity contribution in [2.45, 2.75) is 44.2 Å². The maximum Gasteiger partial charge on any atom is 0.343 e. The highest BCUT2D eigenvalue weighted by Crippen LogP contribution is 2.27. The average Bonchev–Trinajstić information content (AvgIpc) is 3.33. The van der Waals surface area contributed by atoms with Crippen LogP contribution >= 0.6 is 0 Å². The zero-order valence-corrected chi connectivity index (χ0v) is 14.8. The van der Waals surface area contributed by atoms with Gasteiger partial charge in [-0.1, -0.05) is 30.3 Å². The lowest BCUT2D eigenvalue weighted by molar-refractivity contribution is -0.142. The average molecular weight is 356 g/mol. The van der Waals surface area contributed by atoms with Crippen LogP contribution < -0.4 is 5.69 Å². The van der Waals surface area contributed by atoms with Crippen LogP contribution in [0.4, 0.5) is 0 Å². The van der Waals surface area contributed by atoms with Gasteiger partial charge in [0.25, 0.3) is 5.91 Å². The van der Waals surface area contributed by atoms with E-state index in [2.05, 4.69) is 10.2 Å². The first-order chi connectivity index (χ1) is 12.7. The number of rotatable bonds is 4. The smallest absolute Gasteiger partial charge is 0.343 e. The Morgan fingerprint density at radius 3 is 2.65 bits per heavy atom. The van der Waals surface area contributed by atoms with Gasteiger partial charge in [-0.2, -0.15) is 5.10 Å². The summed E-state index contributed by atoms with van der Waals surface area (Å²) in [5.74, 6) is 1.10. The number of ether oxygens (including phenoxy) is 1. The molecule has 0 bridgehead atoms. The number of piperidine rings is 1. The number of hydrogen-bond donors (Lipinski definition) is 1. The van der Waals surface area contributed by atoms with Crippen LogP contribution in [0.1, 0.15) is 43.0 Å².